The van der Waals surface area contributed by atoms with Gasteiger partial charge in [0.2, 0.25) is 0 Å². The van der Waals surface area contributed by atoms with Crippen LogP contribution in [0.5, 0.6) is 0 Å². The Morgan fingerprint density at radius 3 is 2.12 bits per heavy atom. The molecule has 0 saturated heterocycles. The third-order valence-electron chi connectivity index (χ3n) is 10.8. The van der Waals surface area contributed by atoms with Crippen molar-refractivity contribution in [1.82, 2.24) is 10.2 Å². The van der Waals surface area contributed by atoms with Crippen molar-refractivity contribution in [3.63, 3.8) is 0 Å². The fraction of sp³-hybridized carbons (Fsp3) is 0.261. The lowest BCUT2D eigenvalue weighted by Crippen LogP contribution is -2.33. The molecule has 50 heavy (non-hydrogen) atoms. The molecule has 250 valence electrons. The van der Waals surface area contributed by atoms with Gasteiger partial charge in [-0.25, -0.2) is 0 Å². The van der Waals surface area contributed by atoms with E-state index in [2.05, 4.69) is 170 Å². The molecule has 0 amide bonds. The molecule has 5 aromatic carbocycles. The molecule has 4 nitrogen and oxygen atoms in total. The minimum atomic E-state index is -0.170. The van der Waals surface area contributed by atoms with E-state index in [1.54, 1.807) is 0 Å². The predicted octanol–water partition coefficient (Wildman–Crippen LogP) is 10.7. The van der Waals surface area contributed by atoms with Gasteiger partial charge in [0.1, 0.15) is 12.3 Å². The lowest BCUT2D eigenvalue weighted by atomic mass is 9.80. The highest BCUT2D eigenvalue weighted by Crippen LogP contribution is 2.37. The van der Waals surface area contributed by atoms with Gasteiger partial charge in [-0.2, -0.15) is 0 Å². The van der Waals surface area contributed by atoms with Crippen LogP contribution in [-0.2, 0) is 0 Å². The van der Waals surface area contributed by atoms with Crippen LogP contribution in [0.3, 0.4) is 0 Å². The second-order valence-electron chi connectivity index (χ2n) is 14.3. The summed E-state index contributed by atoms with van der Waals surface area (Å²) in [5, 5.41) is 3.98. The Bertz CT molecular complexity index is 2040. The second kappa shape index (κ2) is 14.5. The molecule has 5 atom stereocenters. The summed E-state index contributed by atoms with van der Waals surface area (Å²) in [6.45, 7) is 3.42. The Balaban J connectivity index is 1.16. The molecular weight excluding hydrogens is 609 g/mol. The summed E-state index contributed by atoms with van der Waals surface area (Å²) in [4.78, 5) is 12.6. The maximum Gasteiger partial charge on any atom is 0.127 e. The average Bonchev–Trinajstić information content (AvgIpc) is 3.19. The summed E-state index contributed by atoms with van der Waals surface area (Å²) in [6.07, 6.45) is 11.0. The third-order valence-corrected chi connectivity index (χ3v) is 10.8. The molecule has 0 aromatic heterocycles. The average molecular weight is 655 g/mol. The van der Waals surface area contributed by atoms with Gasteiger partial charge in [0, 0.05) is 36.9 Å². The van der Waals surface area contributed by atoms with Gasteiger partial charge in [-0.1, -0.05) is 128 Å². The fourth-order valence-corrected chi connectivity index (χ4v) is 7.95. The van der Waals surface area contributed by atoms with Crippen LogP contribution < -0.4 is 5.32 Å². The molecule has 8 rings (SSSR count). The Morgan fingerprint density at radius 2 is 1.30 bits per heavy atom. The number of benzene rings is 5. The van der Waals surface area contributed by atoms with Crippen molar-refractivity contribution in [2.24, 2.45) is 15.9 Å². The zero-order chi connectivity index (χ0) is 33.9. The largest absolute Gasteiger partial charge is 0.285 e. The van der Waals surface area contributed by atoms with Crippen molar-refractivity contribution in [3.8, 4) is 22.3 Å². The molecule has 3 aliphatic rings. The Labute approximate surface area is 297 Å². The molecule has 1 N–H and O–H groups in total. The first kappa shape index (κ1) is 32.3. The van der Waals surface area contributed by atoms with Crippen LogP contribution in [-0.4, -0.2) is 30.4 Å². The Morgan fingerprint density at radius 1 is 0.640 bits per heavy atom. The van der Waals surface area contributed by atoms with Crippen molar-refractivity contribution in [1.29, 1.82) is 0 Å². The standard InChI is InChI=1S/C46H46N4/c1-32-13-6-7-24-42(32)37-19-11-21-39(30-37)44-31-43(48-45(49-44)40-22-9-16-34(28-40)33-14-4-3-5-15-33)38-20-8-17-35(27-38)36-18-10-23-41(29-36)46-47-25-12-26-50(46)2/h3-5,7-11,14-25,27-30,32,42,44-46,49H,6,12-13,26,31H2,1-2H3. The van der Waals surface area contributed by atoms with E-state index in [1.165, 1.54) is 62.9 Å². The SMILES string of the molecule is CC1CCC=CC1c1cccc(C2CC(c3cccc(-c4cccc(C5N=CCCN5C)c4)c3)=NC(c3cccc(-c4ccccc4)c3)N2)c1. The van der Waals surface area contributed by atoms with Crippen molar-refractivity contribution in [2.75, 3.05) is 13.6 Å². The molecule has 2 heterocycles. The van der Waals surface area contributed by atoms with Gasteiger partial charge in [0.05, 0.1) is 0 Å². The van der Waals surface area contributed by atoms with E-state index in [9.17, 15) is 0 Å². The van der Waals surface area contributed by atoms with Crippen LogP contribution in [0.25, 0.3) is 22.3 Å². The number of allylic oxidation sites excluding steroid dienone is 2. The van der Waals surface area contributed by atoms with Gasteiger partial charge in [-0.15, -0.1) is 0 Å². The second-order valence-corrected chi connectivity index (χ2v) is 14.3. The molecule has 0 radical (unpaired) electrons. The zero-order valence-corrected chi connectivity index (χ0v) is 29.1. The van der Waals surface area contributed by atoms with Crippen molar-refractivity contribution in [3.05, 3.63) is 167 Å². The first-order valence-electron chi connectivity index (χ1n) is 18.3. The number of aliphatic imine (C=N–C) groups is 2. The highest BCUT2D eigenvalue weighted by atomic mass is 15.2. The first-order chi connectivity index (χ1) is 24.6. The molecule has 4 heteroatoms. The van der Waals surface area contributed by atoms with Crippen LogP contribution in [0.4, 0.5) is 0 Å². The van der Waals surface area contributed by atoms with Crippen LogP contribution >= 0.6 is 0 Å². The molecular formula is C46H46N4. The van der Waals surface area contributed by atoms with Gasteiger partial charge in [0.15, 0.2) is 0 Å². The topological polar surface area (TPSA) is 40.0 Å². The van der Waals surface area contributed by atoms with Crippen molar-refractivity contribution in [2.45, 2.75) is 56.9 Å². The fourth-order valence-electron chi connectivity index (χ4n) is 7.95. The third kappa shape index (κ3) is 6.92. The number of nitrogens with zero attached hydrogens (tertiary/aromatic N) is 3. The lowest BCUT2D eigenvalue weighted by molar-refractivity contribution is 0.249. The molecule has 0 saturated carbocycles. The summed E-state index contributed by atoms with van der Waals surface area (Å²) >= 11 is 0. The van der Waals surface area contributed by atoms with Crippen LogP contribution in [0.15, 0.2) is 150 Å². The summed E-state index contributed by atoms with van der Waals surface area (Å²) in [5.41, 5.74) is 12.3. The van der Waals surface area contributed by atoms with Gasteiger partial charge in [0.25, 0.3) is 0 Å². The van der Waals surface area contributed by atoms with Crippen molar-refractivity contribution < 1.29 is 0 Å². The van der Waals surface area contributed by atoms with Gasteiger partial charge >= 0.3 is 0 Å². The van der Waals surface area contributed by atoms with Crippen LogP contribution in [0.1, 0.15) is 84.7 Å². The molecule has 5 unspecified atom stereocenters. The van der Waals surface area contributed by atoms with E-state index in [0.717, 1.165) is 25.1 Å². The molecule has 0 spiro atoms. The summed E-state index contributed by atoms with van der Waals surface area (Å²) in [7, 11) is 2.16. The van der Waals surface area contributed by atoms with Gasteiger partial charge in [-0.05, 0) is 100 Å². The molecule has 5 aromatic rings. The summed E-state index contributed by atoms with van der Waals surface area (Å²) in [5.74, 6) is 1.11. The smallest absolute Gasteiger partial charge is 0.127 e. The minimum Gasteiger partial charge on any atom is -0.285 e. The number of nitrogens with one attached hydrogen (secondary N) is 1. The van der Waals surface area contributed by atoms with Gasteiger partial charge < -0.3 is 0 Å². The predicted molar refractivity (Wildman–Crippen MR) is 209 cm³/mol. The van der Waals surface area contributed by atoms with E-state index in [1.807, 2.05) is 0 Å². The quantitative estimate of drug-likeness (QED) is 0.177. The minimum absolute atomic E-state index is 0.0664. The number of hydrogen-bond donors (Lipinski definition) is 1. The molecule has 0 bridgehead atoms. The highest BCUT2D eigenvalue weighted by molar-refractivity contribution is 6.02. The summed E-state index contributed by atoms with van der Waals surface area (Å²) in [6, 6.07) is 46.8. The zero-order valence-electron chi connectivity index (χ0n) is 29.1. The number of hydrogen-bond acceptors (Lipinski definition) is 4. The van der Waals surface area contributed by atoms with E-state index in [4.69, 9.17) is 9.98 Å². The first-order valence-corrected chi connectivity index (χ1v) is 18.3. The monoisotopic (exact) mass is 654 g/mol. The summed E-state index contributed by atoms with van der Waals surface area (Å²) < 4.78 is 0. The van der Waals surface area contributed by atoms with Crippen LogP contribution in [0, 0.1) is 5.92 Å². The Kier molecular flexibility index (Phi) is 9.39. The highest BCUT2D eigenvalue weighted by Gasteiger charge is 2.28. The number of rotatable bonds is 7. The van der Waals surface area contributed by atoms with Crippen molar-refractivity contribution >= 4 is 11.9 Å². The van der Waals surface area contributed by atoms with E-state index in [-0.39, 0.29) is 18.4 Å². The van der Waals surface area contributed by atoms with Crippen LogP contribution in [0.2, 0.25) is 0 Å². The normalized spacial score (nSPS) is 23.8. The van der Waals surface area contributed by atoms with E-state index >= 15 is 0 Å². The lowest BCUT2D eigenvalue weighted by Gasteiger charge is -2.32. The molecule has 0 fully saturated rings. The maximum atomic E-state index is 5.46. The molecule has 2 aliphatic heterocycles. The van der Waals surface area contributed by atoms with Gasteiger partial charge in [-0.3, -0.25) is 20.2 Å². The molecule has 1 aliphatic carbocycles. The van der Waals surface area contributed by atoms with E-state index < -0.39 is 0 Å². The van der Waals surface area contributed by atoms with E-state index in [0.29, 0.717) is 11.8 Å². The maximum absolute atomic E-state index is 5.46. The Hall–Kier alpha value is -4.90.